The van der Waals surface area contributed by atoms with E-state index in [1.165, 1.54) is 34.2 Å². The number of hydrogen-bond donors (Lipinski definition) is 2. The second-order valence-corrected chi connectivity index (χ2v) is 8.93. The van der Waals surface area contributed by atoms with E-state index in [0.717, 1.165) is 35.0 Å². The fraction of sp³-hybridized carbons (Fsp3) is 0.286. The van der Waals surface area contributed by atoms with Crippen LogP contribution in [0.4, 0.5) is 10.8 Å². The van der Waals surface area contributed by atoms with Crippen molar-refractivity contribution < 1.29 is 9.53 Å². The van der Waals surface area contributed by atoms with Crippen molar-refractivity contribution in [3.05, 3.63) is 59.7 Å². The molecule has 0 spiro atoms. The van der Waals surface area contributed by atoms with E-state index in [0.29, 0.717) is 10.9 Å². The van der Waals surface area contributed by atoms with Crippen molar-refractivity contribution in [1.29, 1.82) is 0 Å². The summed E-state index contributed by atoms with van der Waals surface area (Å²) >= 11 is 2.84. The van der Waals surface area contributed by atoms with Crippen LogP contribution < -0.4 is 15.4 Å². The van der Waals surface area contributed by atoms with Gasteiger partial charge >= 0.3 is 0 Å². The highest BCUT2D eigenvalue weighted by Gasteiger charge is 2.21. The Balaban J connectivity index is 1.29. The Morgan fingerprint density at radius 2 is 2.03 bits per heavy atom. The summed E-state index contributed by atoms with van der Waals surface area (Å²) in [6.45, 7) is 0. The van der Waals surface area contributed by atoms with Crippen LogP contribution in [0.5, 0.6) is 5.75 Å². The molecule has 6 nitrogen and oxygen atoms in total. The van der Waals surface area contributed by atoms with Crippen LogP contribution in [-0.4, -0.2) is 29.0 Å². The summed E-state index contributed by atoms with van der Waals surface area (Å²) in [4.78, 5) is 12.4. The Labute approximate surface area is 178 Å². The Morgan fingerprint density at radius 3 is 2.86 bits per heavy atom. The highest BCUT2D eigenvalue weighted by Crippen LogP contribution is 2.31. The lowest BCUT2D eigenvalue weighted by Gasteiger charge is -2.26. The molecular formula is C21H22N4O2S2. The summed E-state index contributed by atoms with van der Waals surface area (Å²) in [5.41, 5.74) is 3.50. The minimum Gasteiger partial charge on any atom is -0.497 e. The summed E-state index contributed by atoms with van der Waals surface area (Å²) in [6.07, 6.45) is 3.18. The van der Waals surface area contributed by atoms with E-state index in [9.17, 15) is 4.79 Å². The van der Waals surface area contributed by atoms with Crippen LogP contribution in [0, 0.1) is 0 Å². The molecule has 1 amide bonds. The molecule has 1 aliphatic rings. The first-order chi connectivity index (χ1) is 14.2. The molecular weight excluding hydrogens is 404 g/mol. The summed E-state index contributed by atoms with van der Waals surface area (Å²) < 4.78 is 5.92. The first kappa shape index (κ1) is 19.7. The zero-order valence-corrected chi connectivity index (χ0v) is 17.7. The molecule has 0 fully saturated rings. The van der Waals surface area contributed by atoms with Crippen LogP contribution in [0.15, 0.2) is 52.9 Å². The number of benzene rings is 2. The van der Waals surface area contributed by atoms with E-state index in [4.69, 9.17) is 4.74 Å². The van der Waals surface area contributed by atoms with Crippen molar-refractivity contribution in [2.75, 3.05) is 18.2 Å². The third kappa shape index (κ3) is 5.07. The van der Waals surface area contributed by atoms with Crippen molar-refractivity contribution in [2.24, 2.45) is 0 Å². The molecule has 1 aromatic heterocycles. The molecule has 0 saturated heterocycles. The molecule has 0 bridgehead atoms. The Morgan fingerprint density at radius 1 is 1.21 bits per heavy atom. The smallest absolute Gasteiger partial charge is 0.230 e. The number of methoxy groups -OCH3 is 1. The predicted molar refractivity (Wildman–Crippen MR) is 117 cm³/mol. The molecule has 8 heteroatoms. The standard InChI is InChI=1S/C21H22N4O2S2/c1-27-16-11-9-15(10-12-16)22-20-24-25-21(29-20)28-13-19(26)23-18-8-4-6-14-5-2-3-7-17(14)18/h2-3,5,7,9-12,18H,4,6,8,13H2,1H3,(H,22,24)(H,23,26)/t18-/m1/s1. The molecule has 0 radical (unpaired) electrons. The van der Waals surface area contributed by atoms with Gasteiger partial charge in [-0.15, -0.1) is 10.2 Å². The quantitative estimate of drug-likeness (QED) is 0.539. The van der Waals surface area contributed by atoms with Gasteiger partial charge in [0.25, 0.3) is 0 Å². The number of aryl methyl sites for hydroxylation is 1. The van der Waals surface area contributed by atoms with Gasteiger partial charge < -0.3 is 15.4 Å². The van der Waals surface area contributed by atoms with E-state index in [-0.39, 0.29) is 11.9 Å². The molecule has 150 valence electrons. The molecule has 3 aromatic rings. The number of aromatic nitrogens is 2. The van der Waals surface area contributed by atoms with Crippen LogP contribution >= 0.6 is 23.1 Å². The molecule has 2 aromatic carbocycles. The third-order valence-corrected chi connectivity index (χ3v) is 6.75. The maximum atomic E-state index is 12.4. The second kappa shape index (κ2) is 9.28. The largest absolute Gasteiger partial charge is 0.497 e. The maximum absolute atomic E-state index is 12.4. The topological polar surface area (TPSA) is 76.1 Å². The lowest BCUT2D eigenvalue weighted by atomic mass is 9.88. The number of nitrogens with one attached hydrogen (secondary N) is 2. The average Bonchev–Trinajstić information content (AvgIpc) is 3.20. The van der Waals surface area contributed by atoms with Gasteiger partial charge in [-0.05, 0) is 54.7 Å². The molecule has 0 unspecified atom stereocenters. The number of carbonyl (C=O) groups excluding carboxylic acids is 1. The van der Waals surface area contributed by atoms with Gasteiger partial charge in [-0.2, -0.15) is 0 Å². The zero-order chi connectivity index (χ0) is 20.1. The van der Waals surface area contributed by atoms with Gasteiger partial charge in [-0.3, -0.25) is 4.79 Å². The number of amides is 1. The van der Waals surface area contributed by atoms with Crippen LogP contribution in [0.3, 0.4) is 0 Å². The number of anilines is 2. The number of thioether (sulfide) groups is 1. The summed E-state index contributed by atoms with van der Waals surface area (Å²) in [6, 6.07) is 16.1. The molecule has 0 aliphatic heterocycles. The maximum Gasteiger partial charge on any atom is 0.230 e. The van der Waals surface area contributed by atoms with Crippen molar-refractivity contribution in [3.8, 4) is 5.75 Å². The van der Waals surface area contributed by atoms with Crippen molar-refractivity contribution in [3.63, 3.8) is 0 Å². The van der Waals surface area contributed by atoms with E-state index < -0.39 is 0 Å². The van der Waals surface area contributed by atoms with Crippen molar-refractivity contribution in [1.82, 2.24) is 15.5 Å². The number of carbonyl (C=O) groups is 1. The molecule has 2 N–H and O–H groups in total. The first-order valence-electron chi connectivity index (χ1n) is 9.46. The number of hydrogen-bond acceptors (Lipinski definition) is 7. The molecule has 1 aliphatic carbocycles. The van der Waals surface area contributed by atoms with Crippen LogP contribution in [0.1, 0.15) is 30.0 Å². The summed E-state index contributed by atoms with van der Waals surface area (Å²) in [5, 5.41) is 15.4. The number of nitrogens with zero attached hydrogens (tertiary/aromatic N) is 2. The molecule has 1 atom stereocenters. The van der Waals surface area contributed by atoms with Gasteiger partial charge in [0, 0.05) is 5.69 Å². The fourth-order valence-electron chi connectivity index (χ4n) is 3.38. The van der Waals surface area contributed by atoms with Crippen LogP contribution in [0.2, 0.25) is 0 Å². The monoisotopic (exact) mass is 426 g/mol. The van der Waals surface area contributed by atoms with Gasteiger partial charge in [0.1, 0.15) is 5.75 Å². The van der Waals surface area contributed by atoms with E-state index in [1.807, 2.05) is 30.3 Å². The van der Waals surface area contributed by atoms with Gasteiger partial charge in [-0.1, -0.05) is 47.4 Å². The number of fused-ring (bicyclic) bond motifs is 1. The van der Waals surface area contributed by atoms with E-state index in [1.54, 1.807) is 7.11 Å². The lowest BCUT2D eigenvalue weighted by Crippen LogP contribution is -2.32. The Hall–Kier alpha value is -2.58. The number of ether oxygens (including phenoxy) is 1. The predicted octanol–water partition coefficient (Wildman–Crippen LogP) is 4.58. The second-order valence-electron chi connectivity index (χ2n) is 6.73. The summed E-state index contributed by atoms with van der Waals surface area (Å²) in [7, 11) is 1.64. The molecule has 1 heterocycles. The van der Waals surface area contributed by atoms with Gasteiger partial charge in [-0.25, -0.2) is 0 Å². The highest BCUT2D eigenvalue weighted by molar-refractivity contribution is 8.01. The minimum atomic E-state index is 0.0246. The minimum absolute atomic E-state index is 0.0246. The number of rotatable bonds is 7. The van der Waals surface area contributed by atoms with Crippen LogP contribution in [-0.2, 0) is 11.2 Å². The summed E-state index contributed by atoms with van der Waals surface area (Å²) in [5.74, 6) is 1.16. The van der Waals surface area contributed by atoms with Crippen LogP contribution in [0.25, 0.3) is 0 Å². The van der Waals surface area contributed by atoms with Gasteiger partial charge in [0.2, 0.25) is 11.0 Å². The van der Waals surface area contributed by atoms with Crippen molar-refractivity contribution in [2.45, 2.75) is 29.6 Å². The third-order valence-electron chi connectivity index (χ3n) is 4.78. The highest BCUT2D eigenvalue weighted by atomic mass is 32.2. The van der Waals surface area contributed by atoms with Gasteiger partial charge in [0.05, 0.1) is 18.9 Å². The Bertz CT molecular complexity index is 975. The van der Waals surface area contributed by atoms with E-state index >= 15 is 0 Å². The average molecular weight is 427 g/mol. The normalized spacial score (nSPS) is 15.4. The fourth-order valence-corrected chi connectivity index (χ4v) is 4.97. The molecule has 29 heavy (non-hydrogen) atoms. The lowest BCUT2D eigenvalue weighted by molar-refractivity contribution is -0.119. The SMILES string of the molecule is COc1ccc(Nc2nnc(SCC(=O)N[C@@H]3CCCc4ccccc43)s2)cc1. The van der Waals surface area contributed by atoms with Crippen molar-refractivity contribution >= 4 is 39.8 Å². The Kier molecular flexibility index (Phi) is 6.31. The first-order valence-corrected chi connectivity index (χ1v) is 11.3. The van der Waals surface area contributed by atoms with E-state index in [2.05, 4.69) is 39.0 Å². The molecule has 0 saturated carbocycles. The zero-order valence-electron chi connectivity index (χ0n) is 16.1. The van der Waals surface area contributed by atoms with Gasteiger partial charge in [0.15, 0.2) is 4.34 Å². The molecule has 4 rings (SSSR count).